The second-order valence-corrected chi connectivity index (χ2v) is 6.73. The molecule has 2 aliphatic heterocycles. The maximum absolute atomic E-state index is 13.1. The molecule has 130 valence electrons. The fourth-order valence-corrected chi connectivity index (χ4v) is 3.82. The Morgan fingerprint density at radius 2 is 1.84 bits per heavy atom. The molecule has 2 aromatic carbocycles. The summed E-state index contributed by atoms with van der Waals surface area (Å²) in [5.41, 5.74) is 2.47. The fraction of sp³-hybridized carbons (Fsp3) is 0.350. The second-order valence-electron chi connectivity index (χ2n) is 6.73. The Labute approximate surface area is 147 Å². The molecule has 0 bridgehead atoms. The fourth-order valence-electron chi connectivity index (χ4n) is 3.82. The van der Waals surface area contributed by atoms with Gasteiger partial charge in [-0.05, 0) is 49.7 Å². The number of hydrogen-bond acceptors (Lipinski definition) is 4. The first kappa shape index (κ1) is 16.1. The third-order valence-corrected chi connectivity index (χ3v) is 5.26. The Kier molecular flexibility index (Phi) is 4.19. The van der Waals surface area contributed by atoms with Gasteiger partial charge in [0.25, 0.3) is 0 Å². The van der Waals surface area contributed by atoms with E-state index in [9.17, 15) is 4.79 Å². The van der Waals surface area contributed by atoms with Crippen LogP contribution < -0.4 is 20.7 Å². The van der Waals surface area contributed by atoms with Crippen LogP contribution >= 0.6 is 0 Å². The van der Waals surface area contributed by atoms with Gasteiger partial charge in [-0.3, -0.25) is 10.1 Å². The standard InChI is InChI=1S/C20H23N3O2/c1-25-15-7-8-17-16(13-15)18(14-5-3-2-4-6-14)23-20(19(24)22-17)9-11-21-12-10-20/h2-8,13,18,21,23H,9-12H2,1H3,(H,22,24). The topological polar surface area (TPSA) is 62.4 Å². The average molecular weight is 337 g/mol. The van der Waals surface area contributed by atoms with Gasteiger partial charge in [-0.25, -0.2) is 0 Å². The molecular weight excluding hydrogens is 314 g/mol. The van der Waals surface area contributed by atoms with Crippen molar-refractivity contribution in [1.29, 1.82) is 0 Å². The number of anilines is 1. The third-order valence-electron chi connectivity index (χ3n) is 5.26. The lowest BCUT2D eigenvalue weighted by Crippen LogP contribution is -2.59. The first-order chi connectivity index (χ1) is 12.2. The van der Waals surface area contributed by atoms with Crippen molar-refractivity contribution in [2.45, 2.75) is 24.4 Å². The summed E-state index contributed by atoms with van der Waals surface area (Å²) in [7, 11) is 1.66. The van der Waals surface area contributed by atoms with Crippen LogP contribution in [0.1, 0.15) is 30.0 Å². The minimum absolute atomic E-state index is 0.0545. The number of hydrogen-bond donors (Lipinski definition) is 3. The molecule has 2 aromatic rings. The minimum Gasteiger partial charge on any atom is -0.497 e. The summed E-state index contributed by atoms with van der Waals surface area (Å²) in [5, 5.41) is 10.2. The van der Waals surface area contributed by atoms with E-state index in [1.165, 1.54) is 0 Å². The summed E-state index contributed by atoms with van der Waals surface area (Å²) in [4.78, 5) is 13.1. The Bertz CT molecular complexity index is 770. The van der Waals surface area contributed by atoms with E-state index in [-0.39, 0.29) is 11.9 Å². The lowest BCUT2D eigenvalue weighted by Gasteiger charge is -2.38. The number of ether oxygens (including phenoxy) is 1. The molecule has 2 heterocycles. The van der Waals surface area contributed by atoms with Gasteiger partial charge in [0.15, 0.2) is 0 Å². The molecule has 1 fully saturated rings. The van der Waals surface area contributed by atoms with Crippen molar-refractivity contribution in [3.05, 3.63) is 59.7 Å². The van der Waals surface area contributed by atoms with Gasteiger partial charge < -0.3 is 15.4 Å². The van der Waals surface area contributed by atoms with Crippen molar-refractivity contribution in [3.63, 3.8) is 0 Å². The lowest BCUT2D eigenvalue weighted by molar-refractivity contribution is -0.123. The van der Waals surface area contributed by atoms with Crippen LogP contribution in [-0.4, -0.2) is 31.6 Å². The molecule has 2 aliphatic rings. The van der Waals surface area contributed by atoms with E-state index >= 15 is 0 Å². The summed E-state index contributed by atoms with van der Waals surface area (Å²) >= 11 is 0. The van der Waals surface area contributed by atoms with Crippen LogP contribution in [0, 0.1) is 0 Å². The van der Waals surface area contributed by atoms with Crippen molar-refractivity contribution in [3.8, 4) is 5.75 Å². The molecule has 0 radical (unpaired) electrons. The summed E-state index contributed by atoms with van der Waals surface area (Å²) in [6, 6.07) is 16.1. The smallest absolute Gasteiger partial charge is 0.244 e. The molecule has 0 aliphatic carbocycles. The van der Waals surface area contributed by atoms with E-state index in [1.54, 1.807) is 7.11 Å². The van der Waals surface area contributed by atoms with Crippen LogP contribution in [0.2, 0.25) is 0 Å². The highest BCUT2D eigenvalue weighted by Crippen LogP contribution is 2.38. The van der Waals surface area contributed by atoms with E-state index in [0.29, 0.717) is 0 Å². The van der Waals surface area contributed by atoms with Gasteiger partial charge in [0.1, 0.15) is 11.3 Å². The molecule has 5 heteroatoms. The van der Waals surface area contributed by atoms with E-state index in [0.717, 1.165) is 48.5 Å². The Morgan fingerprint density at radius 1 is 1.08 bits per heavy atom. The predicted molar refractivity (Wildman–Crippen MR) is 97.9 cm³/mol. The van der Waals surface area contributed by atoms with Gasteiger partial charge in [0.05, 0.1) is 13.2 Å². The zero-order chi connectivity index (χ0) is 17.3. The largest absolute Gasteiger partial charge is 0.497 e. The van der Waals surface area contributed by atoms with Crippen molar-refractivity contribution < 1.29 is 9.53 Å². The molecule has 1 atom stereocenters. The van der Waals surface area contributed by atoms with E-state index in [2.05, 4.69) is 28.1 Å². The first-order valence-electron chi connectivity index (χ1n) is 8.75. The predicted octanol–water partition coefficient (Wildman–Crippen LogP) is 2.45. The highest BCUT2D eigenvalue weighted by atomic mass is 16.5. The Morgan fingerprint density at radius 3 is 2.56 bits per heavy atom. The van der Waals surface area contributed by atoms with Crippen molar-refractivity contribution in [2.75, 3.05) is 25.5 Å². The maximum atomic E-state index is 13.1. The van der Waals surface area contributed by atoms with E-state index < -0.39 is 5.54 Å². The van der Waals surface area contributed by atoms with Crippen molar-refractivity contribution in [2.24, 2.45) is 0 Å². The van der Waals surface area contributed by atoms with Crippen LogP contribution in [-0.2, 0) is 4.79 Å². The van der Waals surface area contributed by atoms with Crippen LogP contribution in [0.15, 0.2) is 48.5 Å². The van der Waals surface area contributed by atoms with E-state index in [1.807, 2.05) is 36.4 Å². The number of benzene rings is 2. The zero-order valence-corrected chi connectivity index (χ0v) is 14.3. The molecule has 1 saturated heterocycles. The minimum atomic E-state index is -0.558. The molecular formula is C20H23N3O2. The molecule has 1 unspecified atom stereocenters. The van der Waals surface area contributed by atoms with Crippen LogP contribution in [0.25, 0.3) is 0 Å². The summed E-state index contributed by atoms with van der Waals surface area (Å²) in [5.74, 6) is 0.843. The molecule has 3 N–H and O–H groups in total. The van der Waals surface area contributed by atoms with Crippen LogP contribution in [0.5, 0.6) is 5.75 Å². The monoisotopic (exact) mass is 337 g/mol. The Hall–Kier alpha value is -2.37. The zero-order valence-electron chi connectivity index (χ0n) is 14.3. The van der Waals surface area contributed by atoms with Gasteiger partial charge >= 0.3 is 0 Å². The summed E-state index contributed by atoms with van der Waals surface area (Å²) < 4.78 is 5.42. The third kappa shape index (κ3) is 2.90. The maximum Gasteiger partial charge on any atom is 0.244 e. The number of carbonyl (C=O) groups excluding carboxylic acids is 1. The lowest BCUT2D eigenvalue weighted by atomic mass is 9.85. The highest BCUT2D eigenvalue weighted by Gasteiger charge is 2.44. The van der Waals surface area contributed by atoms with Gasteiger partial charge in [0, 0.05) is 11.3 Å². The molecule has 5 nitrogen and oxygen atoms in total. The normalized spacial score (nSPS) is 22.0. The summed E-state index contributed by atoms with van der Waals surface area (Å²) in [6.07, 6.45) is 1.54. The van der Waals surface area contributed by atoms with Gasteiger partial charge in [-0.15, -0.1) is 0 Å². The SMILES string of the molecule is COc1ccc2c(c1)C(c1ccccc1)NC1(CCNCC1)C(=O)N2. The Balaban J connectivity index is 1.84. The number of piperidine rings is 1. The van der Waals surface area contributed by atoms with Gasteiger partial charge in [-0.2, -0.15) is 0 Å². The highest BCUT2D eigenvalue weighted by molar-refractivity contribution is 6.00. The summed E-state index contributed by atoms with van der Waals surface area (Å²) in [6.45, 7) is 1.67. The quantitative estimate of drug-likeness (QED) is 0.788. The number of amides is 1. The number of methoxy groups -OCH3 is 1. The molecule has 25 heavy (non-hydrogen) atoms. The number of fused-ring (bicyclic) bond motifs is 1. The molecule has 4 rings (SSSR count). The number of nitrogens with one attached hydrogen (secondary N) is 3. The van der Waals surface area contributed by atoms with Crippen LogP contribution in [0.3, 0.4) is 0 Å². The second kappa shape index (κ2) is 6.50. The van der Waals surface area contributed by atoms with Gasteiger partial charge in [-0.1, -0.05) is 30.3 Å². The number of rotatable bonds is 2. The molecule has 0 saturated carbocycles. The van der Waals surface area contributed by atoms with Crippen LogP contribution in [0.4, 0.5) is 5.69 Å². The average Bonchev–Trinajstić information content (AvgIpc) is 2.78. The number of carbonyl (C=O) groups is 1. The molecule has 1 spiro atoms. The molecule has 1 amide bonds. The van der Waals surface area contributed by atoms with Crippen molar-refractivity contribution >= 4 is 11.6 Å². The first-order valence-corrected chi connectivity index (χ1v) is 8.75. The molecule has 0 aromatic heterocycles. The van der Waals surface area contributed by atoms with Gasteiger partial charge in [0.2, 0.25) is 5.91 Å². The van der Waals surface area contributed by atoms with Crippen molar-refractivity contribution in [1.82, 2.24) is 10.6 Å². The van der Waals surface area contributed by atoms with E-state index in [4.69, 9.17) is 4.74 Å².